The van der Waals surface area contributed by atoms with Crippen molar-refractivity contribution in [3.8, 4) is 11.3 Å². The molecule has 2 aromatic carbocycles. The lowest BCUT2D eigenvalue weighted by Crippen LogP contribution is -1.95. The highest BCUT2D eigenvalue weighted by atomic mass is 16.4. The summed E-state index contributed by atoms with van der Waals surface area (Å²) in [6.07, 6.45) is 2.55. The molecule has 0 spiro atoms. The molecule has 1 heterocycles. The molecule has 4 nitrogen and oxygen atoms in total. The summed E-state index contributed by atoms with van der Waals surface area (Å²) in [4.78, 5) is 19.9. The van der Waals surface area contributed by atoms with Gasteiger partial charge in [0.2, 0.25) is 0 Å². The van der Waals surface area contributed by atoms with Crippen LogP contribution in [0.2, 0.25) is 0 Å². The molecular formula is C17H12N2O2. The Morgan fingerprint density at radius 1 is 0.905 bits per heavy atom. The molecule has 3 aromatic rings. The lowest BCUT2D eigenvalue weighted by Gasteiger charge is -2.07. The van der Waals surface area contributed by atoms with Crippen LogP contribution in [-0.2, 0) is 4.79 Å². The van der Waals surface area contributed by atoms with Crippen LogP contribution in [0.4, 0.5) is 0 Å². The number of hydrogen-bond donors (Lipinski definition) is 1. The van der Waals surface area contributed by atoms with Gasteiger partial charge in [0.05, 0.1) is 22.4 Å². The predicted octanol–water partition coefficient (Wildman–Crippen LogP) is 3.39. The zero-order valence-corrected chi connectivity index (χ0v) is 11.1. The predicted molar refractivity (Wildman–Crippen MR) is 81.6 cm³/mol. The summed E-state index contributed by atoms with van der Waals surface area (Å²) in [5.74, 6) is -1.01. The Hall–Kier alpha value is -3.01. The molecule has 0 aliphatic rings. The molecule has 0 radical (unpaired) electrons. The summed E-state index contributed by atoms with van der Waals surface area (Å²) in [6, 6.07) is 17.1. The minimum Gasteiger partial charge on any atom is -0.478 e. The Morgan fingerprint density at radius 2 is 1.52 bits per heavy atom. The molecule has 3 rings (SSSR count). The first kappa shape index (κ1) is 13.0. The van der Waals surface area contributed by atoms with Gasteiger partial charge >= 0.3 is 5.97 Å². The van der Waals surface area contributed by atoms with Crippen molar-refractivity contribution in [3.63, 3.8) is 0 Å². The van der Waals surface area contributed by atoms with Crippen LogP contribution in [0.5, 0.6) is 0 Å². The summed E-state index contributed by atoms with van der Waals surface area (Å²) in [7, 11) is 0. The van der Waals surface area contributed by atoms with Gasteiger partial charge in [0.1, 0.15) is 0 Å². The molecule has 0 atom stereocenters. The Morgan fingerprint density at radius 3 is 2.19 bits per heavy atom. The molecule has 0 saturated carbocycles. The van der Waals surface area contributed by atoms with Crippen LogP contribution in [0.25, 0.3) is 28.4 Å². The molecule has 0 bridgehead atoms. The number of aliphatic carboxylic acids is 1. The van der Waals surface area contributed by atoms with Crippen molar-refractivity contribution in [1.29, 1.82) is 0 Å². The lowest BCUT2D eigenvalue weighted by molar-refractivity contribution is -0.131. The van der Waals surface area contributed by atoms with Gasteiger partial charge < -0.3 is 5.11 Å². The first-order chi connectivity index (χ1) is 10.2. The van der Waals surface area contributed by atoms with Gasteiger partial charge in [-0.1, -0.05) is 42.5 Å². The monoisotopic (exact) mass is 276 g/mol. The van der Waals surface area contributed by atoms with Crippen molar-refractivity contribution in [2.24, 2.45) is 0 Å². The van der Waals surface area contributed by atoms with Gasteiger partial charge in [-0.3, -0.25) is 0 Å². The quantitative estimate of drug-likeness (QED) is 0.745. The number of rotatable bonds is 3. The second-order valence-corrected chi connectivity index (χ2v) is 4.48. The Kier molecular flexibility index (Phi) is 3.43. The largest absolute Gasteiger partial charge is 0.478 e. The molecule has 1 N–H and O–H groups in total. The van der Waals surface area contributed by atoms with Gasteiger partial charge in [-0.2, -0.15) is 0 Å². The highest BCUT2D eigenvalue weighted by Gasteiger charge is 2.08. The molecule has 0 aliphatic heterocycles. The van der Waals surface area contributed by atoms with E-state index in [4.69, 9.17) is 5.11 Å². The topological polar surface area (TPSA) is 63.1 Å². The second kappa shape index (κ2) is 5.54. The fourth-order valence-electron chi connectivity index (χ4n) is 2.09. The Labute approximate surface area is 121 Å². The maximum Gasteiger partial charge on any atom is 0.328 e. The average molecular weight is 276 g/mol. The van der Waals surface area contributed by atoms with E-state index in [1.165, 1.54) is 6.08 Å². The third-order valence-corrected chi connectivity index (χ3v) is 3.03. The fourth-order valence-corrected chi connectivity index (χ4v) is 2.09. The number of hydrogen-bond acceptors (Lipinski definition) is 3. The van der Waals surface area contributed by atoms with Crippen molar-refractivity contribution >= 4 is 23.1 Å². The molecule has 0 fully saturated rings. The van der Waals surface area contributed by atoms with Crippen LogP contribution in [-0.4, -0.2) is 21.0 Å². The molecule has 102 valence electrons. The Bertz CT molecular complexity index is 827. The van der Waals surface area contributed by atoms with Crippen molar-refractivity contribution < 1.29 is 9.90 Å². The third-order valence-electron chi connectivity index (χ3n) is 3.03. The first-order valence-corrected chi connectivity index (χ1v) is 6.47. The normalized spacial score (nSPS) is 11.0. The van der Waals surface area contributed by atoms with Gasteiger partial charge in [-0.25, -0.2) is 14.8 Å². The molecule has 0 amide bonds. The van der Waals surface area contributed by atoms with E-state index in [0.29, 0.717) is 11.4 Å². The van der Waals surface area contributed by atoms with Crippen LogP contribution < -0.4 is 0 Å². The Balaban J connectivity index is 2.24. The highest BCUT2D eigenvalue weighted by Crippen LogP contribution is 2.24. The van der Waals surface area contributed by atoms with E-state index in [1.807, 2.05) is 54.6 Å². The average Bonchev–Trinajstić information content (AvgIpc) is 2.53. The maximum absolute atomic E-state index is 10.7. The molecule has 21 heavy (non-hydrogen) atoms. The minimum atomic E-state index is -1.01. The number of carboxylic acids is 1. The van der Waals surface area contributed by atoms with Gasteiger partial charge in [-0.05, 0) is 18.2 Å². The maximum atomic E-state index is 10.7. The van der Waals surface area contributed by atoms with Gasteiger partial charge in [0.15, 0.2) is 0 Å². The van der Waals surface area contributed by atoms with E-state index in [2.05, 4.69) is 9.97 Å². The second-order valence-electron chi connectivity index (χ2n) is 4.48. The number of carboxylic acid groups (broad SMARTS) is 1. The van der Waals surface area contributed by atoms with Crippen molar-refractivity contribution in [1.82, 2.24) is 9.97 Å². The van der Waals surface area contributed by atoms with Gasteiger partial charge in [-0.15, -0.1) is 0 Å². The van der Waals surface area contributed by atoms with E-state index in [0.717, 1.165) is 22.7 Å². The van der Waals surface area contributed by atoms with E-state index >= 15 is 0 Å². The molecule has 1 aromatic heterocycles. The lowest BCUT2D eigenvalue weighted by atomic mass is 10.1. The van der Waals surface area contributed by atoms with Gasteiger partial charge in [0, 0.05) is 11.6 Å². The fraction of sp³-hybridized carbons (Fsp3) is 0. The van der Waals surface area contributed by atoms with Gasteiger partial charge in [0.25, 0.3) is 0 Å². The summed E-state index contributed by atoms with van der Waals surface area (Å²) in [5, 5.41) is 8.81. The van der Waals surface area contributed by atoms with Crippen molar-refractivity contribution in [2.75, 3.05) is 0 Å². The molecule has 0 unspecified atom stereocenters. The van der Waals surface area contributed by atoms with E-state index in [-0.39, 0.29) is 0 Å². The zero-order valence-electron chi connectivity index (χ0n) is 11.1. The summed E-state index contributed by atoms with van der Waals surface area (Å²) >= 11 is 0. The first-order valence-electron chi connectivity index (χ1n) is 6.47. The number of carbonyl (C=O) groups is 1. The highest BCUT2D eigenvalue weighted by molar-refractivity contribution is 5.88. The van der Waals surface area contributed by atoms with Crippen molar-refractivity contribution in [3.05, 3.63) is 66.4 Å². The molecular weight excluding hydrogens is 264 g/mol. The molecule has 0 aliphatic carbocycles. The van der Waals surface area contributed by atoms with Crippen molar-refractivity contribution in [2.45, 2.75) is 0 Å². The zero-order chi connectivity index (χ0) is 14.7. The van der Waals surface area contributed by atoms with E-state index < -0.39 is 5.97 Å². The molecule has 0 saturated heterocycles. The number of aromatic nitrogens is 2. The summed E-state index contributed by atoms with van der Waals surface area (Å²) < 4.78 is 0. The van der Waals surface area contributed by atoms with Crippen LogP contribution in [0.1, 0.15) is 5.69 Å². The van der Waals surface area contributed by atoms with Crippen LogP contribution in [0, 0.1) is 0 Å². The third kappa shape index (κ3) is 2.79. The number of benzene rings is 2. The molecule has 4 heteroatoms. The smallest absolute Gasteiger partial charge is 0.328 e. The van der Waals surface area contributed by atoms with E-state index in [9.17, 15) is 4.79 Å². The van der Waals surface area contributed by atoms with Crippen LogP contribution >= 0.6 is 0 Å². The number of para-hydroxylation sites is 2. The number of fused-ring (bicyclic) bond motifs is 1. The summed E-state index contributed by atoms with van der Waals surface area (Å²) in [6.45, 7) is 0. The van der Waals surface area contributed by atoms with Crippen LogP contribution in [0.3, 0.4) is 0 Å². The standard InChI is InChI=1S/C17H12N2O2/c20-16(21)11-10-15-17(12-6-2-1-3-7-12)19-14-9-5-4-8-13(14)18-15/h1-11H,(H,20,21). The number of nitrogens with zero attached hydrogens (tertiary/aromatic N) is 2. The SMILES string of the molecule is O=C(O)C=Cc1nc2ccccc2nc1-c1ccccc1. The minimum absolute atomic E-state index is 0.544. The summed E-state index contributed by atoms with van der Waals surface area (Å²) in [5.41, 5.74) is 3.64. The van der Waals surface area contributed by atoms with E-state index in [1.54, 1.807) is 0 Å². The van der Waals surface area contributed by atoms with Crippen LogP contribution in [0.15, 0.2) is 60.7 Å².